The van der Waals surface area contributed by atoms with Gasteiger partial charge in [-0.05, 0) is 43.7 Å². The minimum atomic E-state index is -4.51. The van der Waals surface area contributed by atoms with E-state index in [1.807, 2.05) is 13.0 Å². The Morgan fingerprint density at radius 1 is 1.11 bits per heavy atom. The molecule has 0 radical (unpaired) electrons. The minimum Gasteiger partial charge on any atom is -0.277 e. The molecule has 0 saturated carbocycles. The van der Waals surface area contributed by atoms with Gasteiger partial charge in [0.1, 0.15) is 12.0 Å². The predicted molar refractivity (Wildman–Crippen MR) is 99.4 cm³/mol. The van der Waals surface area contributed by atoms with Crippen LogP contribution in [0.2, 0.25) is 0 Å². The molecule has 2 aliphatic rings. The average molecular weight is 417 g/mol. The van der Waals surface area contributed by atoms with E-state index in [0.717, 1.165) is 11.8 Å². The first-order valence-electron chi connectivity index (χ1n) is 8.74. The Morgan fingerprint density at radius 2 is 1.79 bits per heavy atom. The van der Waals surface area contributed by atoms with E-state index in [1.165, 1.54) is 16.5 Å². The lowest BCUT2D eigenvalue weighted by Gasteiger charge is -2.42. The van der Waals surface area contributed by atoms with E-state index in [4.69, 9.17) is 0 Å². The first kappa shape index (κ1) is 20.6. The monoisotopic (exact) mass is 417 g/mol. The number of nitrogens with zero attached hydrogens (tertiary/aromatic N) is 4. The van der Waals surface area contributed by atoms with Crippen molar-refractivity contribution in [3.8, 4) is 0 Å². The number of hydrogen-bond donors (Lipinski definition) is 1. The minimum absolute atomic E-state index is 0.0832. The molecule has 2 aliphatic heterocycles. The van der Waals surface area contributed by atoms with Crippen molar-refractivity contribution in [3.05, 3.63) is 47.8 Å². The lowest BCUT2D eigenvalue weighted by atomic mass is 10.2. The quantitative estimate of drug-likeness (QED) is 0.761. The third-order valence-corrected chi connectivity index (χ3v) is 6.05. The van der Waals surface area contributed by atoms with Gasteiger partial charge in [0.15, 0.2) is 0 Å². The maximum Gasteiger partial charge on any atom is 0.485 e. The Hall–Kier alpha value is -2.11. The number of aryl methyl sites for hydroxylation is 2. The van der Waals surface area contributed by atoms with Crippen LogP contribution in [0.25, 0.3) is 0 Å². The van der Waals surface area contributed by atoms with Crippen LogP contribution in [0, 0.1) is 13.8 Å². The summed E-state index contributed by atoms with van der Waals surface area (Å²) in [6, 6.07) is 3.45. The molecular formula is C17H22F3N5O2S. The smallest absolute Gasteiger partial charge is 0.277 e. The van der Waals surface area contributed by atoms with Crippen LogP contribution in [0.15, 0.2) is 36.6 Å². The first-order chi connectivity index (χ1) is 13.1. The molecule has 154 valence electrons. The number of rotatable bonds is 4. The number of halogens is 3. The zero-order chi connectivity index (χ0) is 20.5. The van der Waals surface area contributed by atoms with Crippen molar-refractivity contribution in [1.29, 1.82) is 0 Å². The second-order valence-corrected chi connectivity index (χ2v) is 8.40. The number of pyridine rings is 1. The largest absolute Gasteiger partial charge is 0.485 e. The molecule has 1 fully saturated rings. The van der Waals surface area contributed by atoms with Crippen LogP contribution in [0.4, 0.5) is 19.0 Å². The molecule has 28 heavy (non-hydrogen) atoms. The zero-order valence-corrected chi connectivity index (χ0v) is 16.3. The molecule has 1 aromatic rings. The second kappa shape index (κ2) is 7.72. The van der Waals surface area contributed by atoms with E-state index >= 15 is 0 Å². The molecule has 11 heteroatoms. The third kappa shape index (κ3) is 4.65. The van der Waals surface area contributed by atoms with Gasteiger partial charge >= 0.3 is 16.5 Å². The van der Waals surface area contributed by atoms with Crippen molar-refractivity contribution in [2.24, 2.45) is 0 Å². The molecule has 3 heterocycles. The molecule has 0 amide bonds. The molecule has 1 N–H and O–H groups in total. The molecular weight excluding hydrogens is 395 g/mol. The molecule has 7 nitrogen and oxygen atoms in total. The van der Waals surface area contributed by atoms with Gasteiger partial charge in [0.2, 0.25) is 0 Å². The van der Waals surface area contributed by atoms with Crippen LogP contribution in [0.1, 0.15) is 11.3 Å². The summed E-state index contributed by atoms with van der Waals surface area (Å²) in [5.41, 5.74) is 1.56. The molecule has 3 rings (SSSR count). The number of alkyl halides is 3. The summed E-state index contributed by atoms with van der Waals surface area (Å²) in [4.78, 5) is 6.08. The Balaban J connectivity index is 1.66. The van der Waals surface area contributed by atoms with E-state index in [-0.39, 0.29) is 32.0 Å². The van der Waals surface area contributed by atoms with Gasteiger partial charge in [-0.15, -0.1) is 0 Å². The highest BCUT2D eigenvalue weighted by atomic mass is 32.2. The van der Waals surface area contributed by atoms with E-state index in [9.17, 15) is 21.6 Å². The Kier molecular flexibility index (Phi) is 5.69. The molecule has 0 aliphatic carbocycles. The van der Waals surface area contributed by atoms with Crippen LogP contribution in [0.3, 0.4) is 0 Å². The average Bonchev–Trinajstić information content (AvgIpc) is 2.60. The highest BCUT2D eigenvalue weighted by Gasteiger charge is 2.42. The van der Waals surface area contributed by atoms with Crippen molar-refractivity contribution in [3.63, 3.8) is 0 Å². The fraction of sp³-hybridized carbons (Fsp3) is 0.471. The van der Waals surface area contributed by atoms with Crippen molar-refractivity contribution < 1.29 is 21.6 Å². The fourth-order valence-electron chi connectivity index (χ4n) is 3.32. The highest BCUT2D eigenvalue weighted by molar-refractivity contribution is 7.90. The van der Waals surface area contributed by atoms with Crippen molar-refractivity contribution in [2.45, 2.75) is 26.3 Å². The van der Waals surface area contributed by atoms with E-state index in [0.29, 0.717) is 10.6 Å². The lowest BCUT2D eigenvalue weighted by Crippen LogP contribution is -2.58. The SMILES string of the molecule is Cc1cc(C)nc(NS(=O)(=O)N2CCN(C3C=CC=CN3C(F)(F)F)CC2)c1. The van der Waals surface area contributed by atoms with Crippen LogP contribution in [-0.2, 0) is 10.2 Å². The van der Waals surface area contributed by atoms with Gasteiger partial charge in [-0.1, -0.05) is 6.08 Å². The number of hydrogen-bond acceptors (Lipinski definition) is 5. The standard InChI is InChI=1S/C17H22F3N5O2S/c1-13-11-14(2)21-15(12-13)22-28(26,27)24-9-7-23(8-10-24)16-5-3-4-6-25(16)17(18,19)20/h3-6,11-12,16H,7-10H2,1-2H3,(H,21,22). The Morgan fingerprint density at radius 3 is 2.39 bits per heavy atom. The molecule has 1 atom stereocenters. The third-order valence-electron chi connectivity index (χ3n) is 4.54. The molecule has 0 spiro atoms. The maximum absolute atomic E-state index is 13.2. The van der Waals surface area contributed by atoms with Crippen LogP contribution in [-0.4, -0.2) is 66.2 Å². The topological polar surface area (TPSA) is 68.8 Å². The van der Waals surface area contributed by atoms with Gasteiger partial charge in [0.05, 0.1) is 0 Å². The molecule has 0 bridgehead atoms. The number of piperazine rings is 1. The fourth-order valence-corrected chi connectivity index (χ4v) is 4.46. The van der Waals surface area contributed by atoms with Crippen LogP contribution >= 0.6 is 0 Å². The molecule has 1 unspecified atom stereocenters. The van der Waals surface area contributed by atoms with Crippen LogP contribution in [0.5, 0.6) is 0 Å². The summed E-state index contributed by atoms with van der Waals surface area (Å²) in [7, 11) is -3.84. The normalized spacial score (nSPS) is 21.9. The summed E-state index contributed by atoms with van der Waals surface area (Å²) >= 11 is 0. The zero-order valence-electron chi connectivity index (χ0n) is 15.5. The summed E-state index contributed by atoms with van der Waals surface area (Å²) in [6.07, 6.45) is -0.166. The van der Waals surface area contributed by atoms with Crippen molar-refractivity contribution >= 4 is 16.0 Å². The van der Waals surface area contributed by atoms with Crippen molar-refractivity contribution in [2.75, 3.05) is 30.9 Å². The van der Waals surface area contributed by atoms with Gasteiger partial charge in [-0.2, -0.15) is 25.9 Å². The van der Waals surface area contributed by atoms with Gasteiger partial charge in [-0.3, -0.25) is 14.5 Å². The van der Waals surface area contributed by atoms with Gasteiger partial charge in [-0.25, -0.2) is 4.98 Å². The Labute approximate surface area is 162 Å². The predicted octanol–water partition coefficient (Wildman–Crippen LogP) is 2.20. The number of nitrogens with one attached hydrogen (secondary N) is 1. The second-order valence-electron chi connectivity index (χ2n) is 6.73. The Bertz CT molecular complexity index is 857. The van der Waals surface area contributed by atoms with Gasteiger partial charge in [0.25, 0.3) is 0 Å². The summed E-state index contributed by atoms with van der Waals surface area (Å²) in [5, 5.41) is 0. The summed E-state index contributed by atoms with van der Waals surface area (Å²) in [5.74, 6) is 0.225. The van der Waals surface area contributed by atoms with Crippen LogP contribution < -0.4 is 4.72 Å². The van der Waals surface area contributed by atoms with Gasteiger partial charge in [0, 0.05) is 38.1 Å². The van der Waals surface area contributed by atoms with E-state index in [1.54, 1.807) is 24.0 Å². The maximum atomic E-state index is 13.2. The number of aromatic nitrogens is 1. The lowest BCUT2D eigenvalue weighted by molar-refractivity contribution is -0.249. The van der Waals surface area contributed by atoms with E-state index in [2.05, 4.69) is 9.71 Å². The van der Waals surface area contributed by atoms with Crippen molar-refractivity contribution in [1.82, 2.24) is 19.1 Å². The summed E-state index contributed by atoms with van der Waals surface area (Å²) < 4.78 is 68.6. The molecule has 1 saturated heterocycles. The molecule has 0 aromatic carbocycles. The number of allylic oxidation sites excluding steroid dienone is 2. The van der Waals surface area contributed by atoms with Gasteiger partial charge < -0.3 is 0 Å². The first-order valence-corrected chi connectivity index (χ1v) is 10.2. The molecule has 1 aromatic heterocycles. The highest BCUT2D eigenvalue weighted by Crippen LogP contribution is 2.29. The van der Waals surface area contributed by atoms with E-state index < -0.39 is 22.7 Å². The summed E-state index contributed by atoms with van der Waals surface area (Å²) in [6.45, 7) is 4.12. The number of anilines is 1.